The van der Waals surface area contributed by atoms with Crippen LogP contribution in [0.25, 0.3) is 10.2 Å². The van der Waals surface area contributed by atoms with Crippen LogP contribution >= 0.6 is 11.3 Å². The lowest BCUT2D eigenvalue weighted by Crippen LogP contribution is -2.63. The number of piperidine rings is 1. The Labute approximate surface area is 157 Å². The monoisotopic (exact) mass is 367 g/mol. The highest BCUT2D eigenvalue weighted by Gasteiger charge is 2.57. The summed E-state index contributed by atoms with van der Waals surface area (Å²) in [5, 5.41) is 0.603. The predicted octanol–water partition coefficient (Wildman–Crippen LogP) is 3.99. The quantitative estimate of drug-likeness (QED) is 0.872. The molecule has 2 aromatic rings. The van der Waals surface area contributed by atoms with Crippen LogP contribution in [0, 0.1) is 11.8 Å². The molecule has 1 saturated heterocycles. The number of thiazole rings is 1. The van der Waals surface area contributed by atoms with E-state index in [9.17, 15) is 4.79 Å². The summed E-state index contributed by atoms with van der Waals surface area (Å²) in [7, 11) is 0. The number of nitrogens with zero attached hydrogens (tertiary/aromatic N) is 2. The number of Topliss-reactive ketones (excluding diaryl/α,β-unsaturated/α-hetero) is 1. The molecule has 4 nitrogen and oxygen atoms in total. The van der Waals surface area contributed by atoms with Crippen LogP contribution in [0.3, 0.4) is 0 Å². The van der Waals surface area contributed by atoms with Crippen LogP contribution in [0.4, 0.5) is 5.13 Å². The third-order valence-electron chi connectivity index (χ3n) is 7.52. The SMILES string of the molecule is Nc1nc2cc3c(cc2s1)C(=O)C1[C@@H]2CCCC[C@]32CCN1CC1CC1. The summed E-state index contributed by atoms with van der Waals surface area (Å²) >= 11 is 1.50. The Hall–Kier alpha value is -1.46. The number of hydrogen-bond donors (Lipinski definition) is 1. The molecule has 1 aliphatic heterocycles. The zero-order valence-electron chi connectivity index (χ0n) is 15.0. The first kappa shape index (κ1) is 15.6. The molecule has 136 valence electrons. The number of aromatic nitrogens is 1. The number of fused-ring (bicyclic) bond motifs is 2. The second kappa shape index (κ2) is 5.29. The molecule has 1 aromatic heterocycles. The third kappa shape index (κ3) is 2.04. The molecule has 0 amide bonds. The first-order chi connectivity index (χ1) is 12.7. The van der Waals surface area contributed by atoms with Crippen molar-refractivity contribution >= 4 is 32.5 Å². The second-order valence-corrected chi connectivity index (χ2v) is 9.99. The number of ketones is 1. The molecular formula is C21H25N3OS. The standard InChI is InChI=1S/C21H25N3OS/c22-20-23-16-10-15-13(9-17(16)26-20)19(25)18-14-3-1-2-6-21(14,15)7-8-24(18)11-12-4-5-12/h9-10,12,14,18H,1-8,11H2,(H2,22,23)/t14-,18?,21+/m0/s1. The summed E-state index contributed by atoms with van der Waals surface area (Å²) in [6.45, 7) is 2.22. The maximum absolute atomic E-state index is 13.7. The van der Waals surface area contributed by atoms with Gasteiger partial charge in [-0.25, -0.2) is 4.98 Å². The largest absolute Gasteiger partial charge is 0.375 e. The number of nitrogen functional groups attached to an aromatic ring is 1. The molecule has 3 aliphatic carbocycles. The summed E-state index contributed by atoms with van der Waals surface area (Å²) in [5.41, 5.74) is 9.41. The summed E-state index contributed by atoms with van der Waals surface area (Å²) in [6.07, 6.45) is 8.90. The first-order valence-corrected chi connectivity index (χ1v) is 11.0. The van der Waals surface area contributed by atoms with Gasteiger partial charge < -0.3 is 5.73 Å². The molecule has 1 unspecified atom stereocenters. The summed E-state index contributed by atoms with van der Waals surface area (Å²) in [6, 6.07) is 4.45. The molecule has 5 heteroatoms. The van der Waals surface area contributed by atoms with E-state index in [4.69, 9.17) is 5.73 Å². The van der Waals surface area contributed by atoms with Crippen molar-refractivity contribution in [2.75, 3.05) is 18.8 Å². The molecule has 0 spiro atoms. The van der Waals surface area contributed by atoms with E-state index < -0.39 is 0 Å². The third-order valence-corrected chi connectivity index (χ3v) is 8.37. The van der Waals surface area contributed by atoms with Crippen LogP contribution in [0.5, 0.6) is 0 Å². The number of hydrogen-bond acceptors (Lipinski definition) is 5. The number of carbonyl (C=O) groups is 1. The Morgan fingerprint density at radius 3 is 2.96 bits per heavy atom. The smallest absolute Gasteiger partial charge is 0.181 e. The van der Waals surface area contributed by atoms with Gasteiger partial charge in [0.25, 0.3) is 0 Å². The molecular weight excluding hydrogens is 342 g/mol. The zero-order valence-corrected chi connectivity index (χ0v) is 15.9. The average Bonchev–Trinajstić information content (AvgIpc) is 3.38. The molecule has 6 rings (SSSR count). The summed E-state index contributed by atoms with van der Waals surface area (Å²) in [4.78, 5) is 20.7. The first-order valence-electron chi connectivity index (χ1n) is 10.1. The van der Waals surface area contributed by atoms with Gasteiger partial charge in [-0.2, -0.15) is 0 Å². The van der Waals surface area contributed by atoms with E-state index in [1.54, 1.807) is 0 Å². The van der Waals surface area contributed by atoms with E-state index in [0.29, 0.717) is 16.8 Å². The van der Waals surface area contributed by atoms with E-state index in [1.807, 2.05) is 0 Å². The van der Waals surface area contributed by atoms with Gasteiger partial charge >= 0.3 is 0 Å². The molecule has 2 N–H and O–H groups in total. The molecule has 4 aliphatic rings. The second-order valence-electron chi connectivity index (χ2n) is 8.92. The van der Waals surface area contributed by atoms with Crippen LogP contribution in [-0.4, -0.2) is 34.8 Å². The van der Waals surface area contributed by atoms with Gasteiger partial charge in [0, 0.05) is 17.5 Å². The Kier molecular flexibility index (Phi) is 3.17. The maximum Gasteiger partial charge on any atom is 0.181 e. The molecule has 2 saturated carbocycles. The number of anilines is 1. The minimum atomic E-state index is 0.111. The molecule has 2 bridgehead atoms. The fraction of sp³-hybridized carbons (Fsp3) is 0.619. The predicted molar refractivity (Wildman–Crippen MR) is 105 cm³/mol. The topological polar surface area (TPSA) is 59.2 Å². The lowest BCUT2D eigenvalue weighted by atomic mass is 9.52. The highest BCUT2D eigenvalue weighted by atomic mass is 32.1. The maximum atomic E-state index is 13.7. The average molecular weight is 368 g/mol. The molecule has 26 heavy (non-hydrogen) atoms. The van der Waals surface area contributed by atoms with E-state index in [2.05, 4.69) is 22.0 Å². The molecule has 2 heterocycles. The lowest BCUT2D eigenvalue weighted by Gasteiger charge is -2.58. The number of carbonyl (C=O) groups excluding carboxylic acids is 1. The minimum absolute atomic E-state index is 0.111. The summed E-state index contributed by atoms with van der Waals surface area (Å²) < 4.78 is 1.06. The Morgan fingerprint density at radius 1 is 1.23 bits per heavy atom. The van der Waals surface area contributed by atoms with Gasteiger partial charge in [0.1, 0.15) is 0 Å². The molecule has 1 aromatic carbocycles. The van der Waals surface area contributed by atoms with Crippen molar-refractivity contribution in [2.24, 2.45) is 11.8 Å². The van der Waals surface area contributed by atoms with Crippen LogP contribution in [0.2, 0.25) is 0 Å². The van der Waals surface area contributed by atoms with Gasteiger partial charge in [-0.15, -0.1) is 0 Å². The number of rotatable bonds is 2. The number of nitrogens with two attached hydrogens (primary N) is 1. The van der Waals surface area contributed by atoms with Crippen molar-refractivity contribution in [1.82, 2.24) is 9.88 Å². The van der Waals surface area contributed by atoms with Gasteiger partial charge in [0.2, 0.25) is 0 Å². The van der Waals surface area contributed by atoms with Crippen molar-refractivity contribution in [2.45, 2.75) is 56.4 Å². The van der Waals surface area contributed by atoms with Crippen LogP contribution < -0.4 is 5.73 Å². The van der Waals surface area contributed by atoms with Crippen molar-refractivity contribution in [3.8, 4) is 0 Å². The molecule has 0 radical (unpaired) electrons. The minimum Gasteiger partial charge on any atom is -0.375 e. The van der Waals surface area contributed by atoms with E-state index in [-0.39, 0.29) is 11.5 Å². The van der Waals surface area contributed by atoms with Gasteiger partial charge in [-0.05, 0) is 68.2 Å². The van der Waals surface area contributed by atoms with Crippen molar-refractivity contribution < 1.29 is 4.79 Å². The van der Waals surface area contributed by atoms with Gasteiger partial charge in [0.05, 0.1) is 16.3 Å². The zero-order chi connectivity index (χ0) is 17.5. The molecule has 3 atom stereocenters. The number of likely N-dealkylation sites (tertiary alicyclic amines) is 1. The highest BCUT2D eigenvalue weighted by Crippen LogP contribution is 2.56. The van der Waals surface area contributed by atoms with Gasteiger partial charge in [-0.3, -0.25) is 9.69 Å². The Balaban J connectivity index is 1.55. The van der Waals surface area contributed by atoms with E-state index >= 15 is 0 Å². The van der Waals surface area contributed by atoms with Crippen molar-refractivity contribution in [1.29, 1.82) is 0 Å². The van der Waals surface area contributed by atoms with Gasteiger partial charge in [-0.1, -0.05) is 24.2 Å². The lowest BCUT2D eigenvalue weighted by molar-refractivity contribution is -0.00423. The van der Waals surface area contributed by atoms with Crippen LogP contribution in [0.1, 0.15) is 60.9 Å². The van der Waals surface area contributed by atoms with Gasteiger partial charge in [0.15, 0.2) is 10.9 Å². The van der Waals surface area contributed by atoms with Crippen molar-refractivity contribution in [3.05, 3.63) is 23.3 Å². The molecule has 3 fully saturated rings. The Morgan fingerprint density at radius 2 is 2.12 bits per heavy atom. The summed E-state index contributed by atoms with van der Waals surface area (Å²) in [5.74, 6) is 1.71. The fourth-order valence-electron chi connectivity index (χ4n) is 6.19. The van der Waals surface area contributed by atoms with Crippen LogP contribution in [-0.2, 0) is 5.41 Å². The van der Waals surface area contributed by atoms with Crippen molar-refractivity contribution in [3.63, 3.8) is 0 Å². The highest BCUT2D eigenvalue weighted by molar-refractivity contribution is 7.22. The van der Waals surface area contributed by atoms with Crippen LogP contribution in [0.15, 0.2) is 12.1 Å². The fourth-order valence-corrected chi connectivity index (χ4v) is 6.95. The Bertz CT molecular complexity index is 917. The van der Waals surface area contributed by atoms with E-state index in [1.165, 1.54) is 61.8 Å². The number of benzene rings is 1. The normalized spacial score (nSPS) is 33.9. The van der Waals surface area contributed by atoms with E-state index in [0.717, 1.165) is 34.8 Å².